The van der Waals surface area contributed by atoms with Gasteiger partial charge < -0.3 is 0 Å². The molecule has 116 valence electrons. The van der Waals surface area contributed by atoms with Crippen LogP contribution < -0.4 is 0 Å². The molecule has 4 unspecified atom stereocenters. The van der Waals surface area contributed by atoms with Crippen molar-refractivity contribution in [3.05, 3.63) is 29.8 Å². The van der Waals surface area contributed by atoms with E-state index in [1.165, 1.54) is 6.42 Å². The highest BCUT2D eigenvalue weighted by Gasteiger charge is 2.57. The van der Waals surface area contributed by atoms with Crippen LogP contribution in [-0.2, 0) is 14.3 Å². The molecule has 1 aromatic rings. The normalized spacial score (nSPS) is 34.3. The van der Waals surface area contributed by atoms with E-state index in [0.717, 1.165) is 12.0 Å². The molecule has 2 bridgehead atoms. The Morgan fingerprint density at radius 3 is 2.29 bits per heavy atom. The van der Waals surface area contributed by atoms with Crippen LogP contribution in [0.25, 0.3) is 0 Å². The van der Waals surface area contributed by atoms with Crippen molar-refractivity contribution in [1.29, 1.82) is 0 Å². The Morgan fingerprint density at radius 2 is 1.76 bits per heavy atom. The van der Waals surface area contributed by atoms with Crippen LogP contribution in [0.4, 0.5) is 0 Å². The molecule has 4 rings (SSSR count). The van der Waals surface area contributed by atoms with Gasteiger partial charge in [0.25, 0.3) is 10.1 Å². The van der Waals surface area contributed by atoms with Gasteiger partial charge in [-0.05, 0) is 55.1 Å². The van der Waals surface area contributed by atoms with Crippen LogP contribution in [-0.4, -0.2) is 14.5 Å². The maximum atomic E-state index is 12.4. The second kappa shape index (κ2) is 4.82. The van der Waals surface area contributed by atoms with Gasteiger partial charge in [0, 0.05) is 0 Å². The molecular weight excluding hydrogens is 284 g/mol. The van der Waals surface area contributed by atoms with E-state index in [-0.39, 0.29) is 11.0 Å². The second-order valence-electron chi connectivity index (χ2n) is 7.36. The van der Waals surface area contributed by atoms with Crippen molar-refractivity contribution in [1.82, 2.24) is 0 Å². The molecule has 3 aliphatic carbocycles. The lowest BCUT2D eigenvalue weighted by Gasteiger charge is -2.61. The maximum absolute atomic E-state index is 12.4. The highest BCUT2D eigenvalue weighted by molar-refractivity contribution is 7.86. The van der Waals surface area contributed by atoms with E-state index in [2.05, 4.69) is 20.8 Å². The van der Waals surface area contributed by atoms with Crippen LogP contribution in [0.1, 0.15) is 39.2 Å². The average Bonchev–Trinajstić information content (AvgIpc) is 2.40. The summed E-state index contributed by atoms with van der Waals surface area (Å²) in [6.07, 6.45) is 1.90. The van der Waals surface area contributed by atoms with Gasteiger partial charge in [0.1, 0.15) is 0 Å². The Hall–Kier alpha value is -0.870. The lowest BCUT2D eigenvalue weighted by atomic mass is 9.45. The Labute approximate surface area is 127 Å². The summed E-state index contributed by atoms with van der Waals surface area (Å²) in [7, 11) is -3.65. The monoisotopic (exact) mass is 308 g/mol. The minimum atomic E-state index is -3.65. The zero-order valence-corrected chi connectivity index (χ0v) is 14.0. The van der Waals surface area contributed by atoms with Crippen molar-refractivity contribution < 1.29 is 12.6 Å². The van der Waals surface area contributed by atoms with Gasteiger partial charge in [-0.25, -0.2) is 0 Å². The molecule has 0 aromatic heterocycles. The second-order valence-corrected chi connectivity index (χ2v) is 8.93. The van der Waals surface area contributed by atoms with Gasteiger partial charge in [-0.1, -0.05) is 38.5 Å². The number of aryl methyl sites for hydroxylation is 1. The molecule has 0 heterocycles. The number of hydrogen-bond donors (Lipinski definition) is 0. The van der Waals surface area contributed by atoms with Gasteiger partial charge in [0.15, 0.2) is 0 Å². The first-order valence-electron chi connectivity index (χ1n) is 7.72. The maximum Gasteiger partial charge on any atom is 0.297 e. The summed E-state index contributed by atoms with van der Waals surface area (Å²) in [4.78, 5) is 0.263. The van der Waals surface area contributed by atoms with Crippen LogP contribution >= 0.6 is 0 Å². The largest absolute Gasteiger partial charge is 0.297 e. The van der Waals surface area contributed by atoms with Crippen molar-refractivity contribution in [2.75, 3.05) is 0 Å². The molecule has 0 amide bonds. The van der Waals surface area contributed by atoms with E-state index < -0.39 is 10.1 Å². The minimum Gasteiger partial charge on any atom is -0.263 e. The van der Waals surface area contributed by atoms with Gasteiger partial charge in [0.05, 0.1) is 11.0 Å². The summed E-state index contributed by atoms with van der Waals surface area (Å²) in [5, 5.41) is 0. The van der Waals surface area contributed by atoms with Gasteiger partial charge in [-0.3, -0.25) is 4.18 Å². The number of hydrogen-bond acceptors (Lipinski definition) is 3. The molecule has 0 aliphatic heterocycles. The van der Waals surface area contributed by atoms with Crippen LogP contribution in [0.5, 0.6) is 0 Å². The fraction of sp³-hybridized carbons (Fsp3) is 0.647. The molecule has 1 aromatic carbocycles. The Balaban J connectivity index is 1.77. The smallest absolute Gasteiger partial charge is 0.263 e. The first kappa shape index (κ1) is 15.0. The summed E-state index contributed by atoms with van der Waals surface area (Å²) in [6, 6.07) is 6.87. The van der Waals surface area contributed by atoms with E-state index in [1.807, 2.05) is 6.92 Å². The van der Waals surface area contributed by atoms with Gasteiger partial charge in [-0.15, -0.1) is 0 Å². The lowest BCUT2D eigenvalue weighted by molar-refractivity contribution is -0.145. The highest BCUT2D eigenvalue weighted by atomic mass is 32.2. The molecule has 0 spiro atoms. The SMILES string of the molecule is Cc1ccc(S(=O)(=O)OC2CC3CC(C2C)C3(C)C)cc1. The summed E-state index contributed by atoms with van der Waals surface area (Å²) < 4.78 is 30.4. The molecule has 4 heteroatoms. The van der Waals surface area contributed by atoms with Crippen molar-refractivity contribution in [2.45, 2.75) is 51.5 Å². The molecule has 3 nitrogen and oxygen atoms in total. The number of fused-ring (bicyclic) bond motifs is 2. The van der Waals surface area contributed by atoms with Crippen LogP contribution in [0, 0.1) is 30.1 Å². The van der Waals surface area contributed by atoms with Crippen molar-refractivity contribution in [3.63, 3.8) is 0 Å². The van der Waals surface area contributed by atoms with Crippen LogP contribution in [0.15, 0.2) is 29.2 Å². The van der Waals surface area contributed by atoms with E-state index in [1.54, 1.807) is 24.3 Å². The molecule has 3 aliphatic rings. The summed E-state index contributed by atoms with van der Waals surface area (Å²) >= 11 is 0. The van der Waals surface area contributed by atoms with Crippen LogP contribution in [0.3, 0.4) is 0 Å². The molecular formula is C17H24O3S. The zero-order valence-electron chi connectivity index (χ0n) is 13.2. The molecule has 21 heavy (non-hydrogen) atoms. The molecule has 3 fully saturated rings. The van der Waals surface area contributed by atoms with E-state index in [0.29, 0.717) is 23.2 Å². The van der Waals surface area contributed by atoms with E-state index in [9.17, 15) is 8.42 Å². The van der Waals surface area contributed by atoms with Gasteiger partial charge in [0.2, 0.25) is 0 Å². The lowest BCUT2D eigenvalue weighted by Crippen LogP contribution is -2.57. The third-order valence-electron chi connectivity index (χ3n) is 5.84. The fourth-order valence-corrected chi connectivity index (χ4v) is 5.31. The summed E-state index contributed by atoms with van der Waals surface area (Å²) in [5.74, 6) is 1.47. The zero-order chi connectivity index (χ0) is 15.4. The Kier molecular flexibility index (Phi) is 3.45. The first-order valence-corrected chi connectivity index (χ1v) is 9.12. The average molecular weight is 308 g/mol. The predicted octanol–water partition coefficient (Wildman–Crippen LogP) is 3.77. The van der Waals surface area contributed by atoms with E-state index in [4.69, 9.17) is 4.18 Å². The Bertz CT molecular complexity index is 631. The third kappa shape index (κ3) is 2.42. The Morgan fingerprint density at radius 1 is 1.14 bits per heavy atom. The standard InChI is InChI=1S/C17H24O3S/c1-11-5-7-14(8-6-11)21(18,19)20-16-10-13-9-15(12(16)2)17(13,3)4/h5-8,12-13,15-16H,9-10H2,1-4H3. The highest BCUT2D eigenvalue weighted by Crippen LogP contribution is 2.61. The first-order chi connectivity index (χ1) is 9.72. The molecule has 4 atom stereocenters. The van der Waals surface area contributed by atoms with Gasteiger partial charge >= 0.3 is 0 Å². The topological polar surface area (TPSA) is 43.4 Å². The predicted molar refractivity (Wildman–Crippen MR) is 82.4 cm³/mol. The third-order valence-corrected chi connectivity index (χ3v) is 7.19. The van der Waals surface area contributed by atoms with Gasteiger partial charge in [-0.2, -0.15) is 8.42 Å². The molecule has 3 saturated carbocycles. The quantitative estimate of drug-likeness (QED) is 0.798. The number of benzene rings is 1. The molecule has 0 N–H and O–H groups in total. The number of rotatable bonds is 3. The minimum absolute atomic E-state index is 0.173. The summed E-state index contributed by atoms with van der Waals surface area (Å²) in [5.41, 5.74) is 1.38. The summed E-state index contributed by atoms with van der Waals surface area (Å²) in [6.45, 7) is 8.67. The molecule has 0 saturated heterocycles. The van der Waals surface area contributed by atoms with Crippen molar-refractivity contribution in [3.8, 4) is 0 Å². The van der Waals surface area contributed by atoms with Crippen molar-refractivity contribution in [2.24, 2.45) is 23.2 Å². The van der Waals surface area contributed by atoms with E-state index >= 15 is 0 Å². The van der Waals surface area contributed by atoms with Crippen LogP contribution in [0.2, 0.25) is 0 Å². The van der Waals surface area contributed by atoms with Crippen molar-refractivity contribution >= 4 is 10.1 Å². The fourth-order valence-electron chi connectivity index (χ4n) is 4.15. The molecule has 0 radical (unpaired) electrons.